The van der Waals surface area contributed by atoms with Gasteiger partial charge < -0.3 is 14.8 Å². The van der Waals surface area contributed by atoms with Gasteiger partial charge in [-0.3, -0.25) is 0 Å². The Morgan fingerprint density at radius 3 is 2.91 bits per heavy atom. The summed E-state index contributed by atoms with van der Waals surface area (Å²) < 4.78 is 19.6. The summed E-state index contributed by atoms with van der Waals surface area (Å²) in [6, 6.07) is 4.53. The van der Waals surface area contributed by atoms with Crippen molar-refractivity contribution in [1.29, 1.82) is 0 Å². The number of halogens is 1. The summed E-state index contributed by atoms with van der Waals surface area (Å²) in [5.41, 5.74) is 1.60. The summed E-state index contributed by atoms with van der Waals surface area (Å²) in [7, 11) is 0. The molecular weight excluding hydrogens is 283 g/mol. The Labute approximate surface area is 128 Å². The van der Waals surface area contributed by atoms with Gasteiger partial charge in [-0.05, 0) is 17.7 Å². The predicted molar refractivity (Wildman–Crippen MR) is 83.9 cm³/mol. The Kier molecular flexibility index (Phi) is 5.27. The molecule has 1 aromatic carbocycles. The second-order valence-electron chi connectivity index (χ2n) is 4.60. The number of aliphatic hydroxyl groups excluding tert-OH is 1. The van der Waals surface area contributed by atoms with Crippen LogP contribution in [0.5, 0.6) is 5.75 Å². The standard InChI is InChI=1S/C17H17FN2O2/c1-3-4-5-12(2)11-22-14-6-7-15(16(18)8-14)17-19-9-13(10-21)20-17/h3-9,21H,1-2,10-11H2,(H,19,20)/b5-4-. The van der Waals surface area contributed by atoms with Gasteiger partial charge in [-0.15, -0.1) is 0 Å². The molecule has 0 radical (unpaired) electrons. The van der Waals surface area contributed by atoms with Crippen molar-refractivity contribution in [3.8, 4) is 17.1 Å². The van der Waals surface area contributed by atoms with Gasteiger partial charge in [-0.1, -0.05) is 31.4 Å². The number of allylic oxidation sites excluding steroid dienone is 2. The summed E-state index contributed by atoms with van der Waals surface area (Å²) in [4.78, 5) is 6.86. The van der Waals surface area contributed by atoms with Gasteiger partial charge in [-0.2, -0.15) is 0 Å². The van der Waals surface area contributed by atoms with Crippen molar-refractivity contribution in [3.63, 3.8) is 0 Å². The van der Waals surface area contributed by atoms with E-state index in [0.29, 0.717) is 22.8 Å². The van der Waals surface area contributed by atoms with E-state index in [4.69, 9.17) is 9.84 Å². The van der Waals surface area contributed by atoms with Crippen molar-refractivity contribution in [2.45, 2.75) is 6.61 Å². The highest BCUT2D eigenvalue weighted by atomic mass is 19.1. The zero-order chi connectivity index (χ0) is 15.9. The smallest absolute Gasteiger partial charge is 0.140 e. The minimum atomic E-state index is -0.455. The van der Waals surface area contributed by atoms with Crippen molar-refractivity contribution in [2.75, 3.05) is 6.61 Å². The third-order valence-corrected chi connectivity index (χ3v) is 2.89. The highest BCUT2D eigenvalue weighted by molar-refractivity contribution is 5.57. The van der Waals surface area contributed by atoms with E-state index < -0.39 is 5.82 Å². The van der Waals surface area contributed by atoms with Crippen LogP contribution in [0.25, 0.3) is 11.4 Å². The largest absolute Gasteiger partial charge is 0.489 e. The molecule has 0 bridgehead atoms. The minimum absolute atomic E-state index is 0.170. The molecule has 5 heteroatoms. The zero-order valence-corrected chi connectivity index (χ0v) is 12.1. The van der Waals surface area contributed by atoms with Crippen LogP contribution < -0.4 is 4.74 Å². The molecule has 2 N–H and O–H groups in total. The number of aliphatic hydroxyl groups is 1. The Morgan fingerprint density at radius 1 is 1.45 bits per heavy atom. The molecule has 0 saturated heterocycles. The lowest BCUT2D eigenvalue weighted by Gasteiger charge is -2.07. The number of nitrogens with one attached hydrogen (secondary N) is 1. The van der Waals surface area contributed by atoms with Gasteiger partial charge in [-0.25, -0.2) is 9.37 Å². The lowest BCUT2D eigenvalue weighted by atomic mass is 10.2. The lowest BCUT2D eigenvalue weighted by molar-refractivity contribution is 0.277. The van der Waals surface area contributed by atoms with Crippen LogP contribution >= 0.6 is 0 Å². The van der Waals surface area contributed by atoms with Crippen LogP contribution in [-0.2, 0) is 6.61 Å². The number of benzene rings is 1. The number of aromatic nitrogens is 2. The maximum absolute atomic E-state index is 14.1. The van der Waals surface area contributed by atoms with Crippen LogP contribution in [0.4, 0.5) is 4.39 Å². The van der Waals surface area contributed by atoms with E-state index in [-0.39, 0.29) is 13.2 Å². The van der Waals surface area contributed by atoms with Crippen molar-refractivity contribution in [2.24, 2.45) is 0 Å². The first kappa shape index (κ1) is 15.7. The zero-order valence-electron chi connectivity index (χ0n) is 12.1. The summed E-state index contributed by atoms with van der Waals surface area (Å²) in [6.45, 7) is 7.47. The Hall–Kier alpha value is -2.66. The topological polar surface area (TPSA) is 58.1 Å². The van der Waals surface area contributed by atoms with Crippen LogP contribution in [-0.4, -0.2) is 21.7 Å². The van der Waals surface area contributed by atoms with E-state index in [1.165, 1.54) is 12.3 Å². The molecule has 0 amide bonds. The molecule has 114 valence electrons. The number of rotatable bonds is 7. The van der Waals surface area contributed by atoms with Gasteiger partial charge in [0, 0.05) is 6.07 Å². The van der Waals surface area contributed by atoms with Crippen molar-refractivity contribution in [1.82, 2.24) is 9.97 Å². The fraction of sp³-hybridized carbons (Fsp3) is 0.118. The normalized spacial score (nSPS) is 10.8. The first-order chi connectivity index (χ1) is 10.6. The average Bonchev–Trinajstić information content (AvgIpc) is 2.99. The van der Waals surface area contributed by atoms with Crippen LogP contribution in [0.3, 0.4) is 0 Å². The molecule has 0 aliphatic heterocycles. The fourth-order valence-corrected chi connectivity index (χ4v) is 1.78. The van der Waals surface area contributed by atoms with E-state index in [1.807, 2.05) is 0 Å². The molecule has 0 fully saturated rings. The molecule has 0 aliphatic carbocycles. The molecule has 0 aliphatic rings. The quantitative estimate of drug-likeness (QED) is 0.771. The SMILES string of the molecule is C=C/C=C\C(=C)COc1ccc(-c2ncc(CO)[nH]2)c(F)c1. The molecule has 0 spiro atoms. The number of hydrogen-bond donors (Lipinski definition) is 2. The number of nitrogens with zero attached hydrogens (tertiary/aromatic N) is 1. The molecule has 1 aromatic heterocycles. The highest BCUT2D eigenvalue weighted by Gasteiger charge is 2.10. The lowest BCUT2D eigenvalue weighted by Crippen LogP contribution is -1.99. The number of H-pyrrole nitrogens is 1. The van der Waals surface area contributed by atoms with Gasteiger partial charge in [0.15, 0.2) is 0 Å². The van der Waals surface area contributed by atoms with Gasteiger partial charge in [0.05, 0.1) is 24.1 Å². The minimum Gasteiger partial charge on any atom is -0.489 e. The Morgan fingerprint density at radius 2 is 2.27 bits per heavy atom. The maximum Gasteiger partial charge on any atom is 0.140 e. The van der Waals surface area contributed by atoms with E-state index in [0.717, 1.165) is 5.57 Å². The molecule has 1 heterocycles. The summed E-state index contributed by atoms with van der Waals surface area (Å²) >= 11 is 0. The second-order valence-corrected chi connectivity index (χ2v) is 4.60. The molecule has 4 nitrogen and oxygen atoms in total. The molecule has 2 aromatic rings. The van der Waals surface area contributed by atoms with E-state index in [1.54, 1.807) is 30.4 Å². The third kappa shape index (κ3) is 3.93. The van der Waals surface area contributed by atoms with E-state index >= 15 is 0 Å². The summed E-state index contributed by atoms with van der Waals surface area (Å²) in [6.07, 6.45) is 6.64. The van der Waals surface area contributed by atoms with Crippen molar-refractivity contribution < 1.29 is 14.2 Å². The molecule has 2 rings (SSSR count). The van der Waals surface area contributed by atoms with Crippen LogP contribution in [0.1, 0.15) is 5.69 Å². The third-order valence-electron chi connectivity index (χ3n) is 2.89. The molecule has 0 saturated carbocycles. The van der Waals surface area contributed by atoms with Gasteiger partial charge in [0.1, 0.15) is 24.0 Å². The number of aromatic amines is 1. The Bertz CT molecular complexity index is 704. The molecular formula is C17H17FN2O2. The first-order valence-corrected chi connectivity index (χ1v) is 6.68. The average molecular weight is 300 g/mol. The van der Waals surface area contributed by atoms with E-state index in [2.05, 4.69) is 23.1 Å². The number of ether oxygens (including phenoxy) is 1. The Balaban J connectivity index is 2.07. The van der Waals surface area contributed by atoms with E-state index in [9.17, 15) is 4.39 Å². The summed E-state index contributed by atoms with van der Waals surface area (Å²) in [5.74, 6) is 0.318. The van der Waals surface area contributed by atoms with Crippen LogP contribution in [0, 0.1) is 5.82 Å². The molecule has 0 unspecified atom stereocenters. The van der Waals surface area contributed by atoms with Gasteiger partial charge in [0.2, 0.25) is 0 Å². The number of imidazole rings is 1. The fourth-order valence-electron chi connectivity index (χ4n) is 1.78. The predicted octanol–water partition coefficient (Wildman–Crippen LogP) is 3.39. The first-order valence-electron chi connectivity index (χ1n) is 6.68. The molecule has 0 atom stereocenters. The van der Waals surface area contributed by atoms with Crippen LogP contribution in [0.2, 0.25) is 0 Å². The van der Waals surface area contributed by atoms with Crippen molar-refractivity contribution >= 4 is 0 Å². The monoisotopic (exact) mass is 300 g/mol. The van der Waals surface area contributed by atoms with Gasteiger partial charge in [0.25, 0.3) is 0 Å². The van der Waals surface area contributed by atoms with Gasteiger partial charge >= 0.3 is 0 Å². The summed E-state index contributed by atoms with van der Waals surface area (Å²) in [5, 5.41) is 8.99. The maximum atomic E-state index is 14.1. The number of hydrogen-bond acceptors (Lipinski definition) is 3. The van der Waals surface area contributed by atoms with Crippen LogP contribution in [0.15, 0.2) is 61.4 Å². The van der Waals surface area contributed by atoms with Crippen molar-refractivity contribution in [3.05, 3.63) is 72.9 Å². The molecule has 22 heavy (non-hydrogen) atoms. The second kappa shape index (κ2) is 7.38. The highest BCUT2D eigenvalue weighted by Crippen LogP contribution is 2.24.